The summed E-state index contributed by atoms with van der Waals surface area (Å²) >= 11 is 0. The molecule has 2 atom stereocenters. The largest absolute Gasteiger partial charge is 0.383 e. The Labute approximate surface area is 173 Å². The van der Waals surface area contributed by atoms with Crippen LogP contribution in [0.5, 0.6) is 0 Å². The highest BCUT2D eigenvalue weighted by Gasteiger charge is 2.30. The number of halogens is 2. The molecule has 0 saturated carbocycles. The fourth-order valence-corrected chi connectivity index (χ4v) is 4.15. The summed E-state index contributed by atoms with van der Waals surface area (Å²) in [6.07, 6.45) is -0.415. The number of methoxy groups -OCH3 is 1. The average molecular weight is 440 g/mol. The molecule has 0 radical (unpaired) electrons. The van der Waals surface area contributed by atoms with Gasteiger partial charge in [0.15, 0.2) is 0 Å². The zero-order valence-electron chi connectivity index (χ0n) is 16.1. The van der Waals surface area contributed by atoms with Crippen molar-refractivity contribution in [3.8, 4) is 0 Å². The van der Waals surface area contributed by atoms with Crippen LogP contribution >= 0.6 is 0 Å². The zero-order chi connectivity index (χ0) is 21.7. The van der Waals surface area contributed by atoms with Crippen LogP contribution in [0.2, 0.25) is 0 Å². The van der Waals surface area contributed by atoms with Gasteiger partial charge in [-0.15, -0.1) is 0 Å². The molecule has 3 rings (SSSR count). The fraction of sp³-hybridized carbons (Fsp3) is 0.316. The van der Waals surface area contributed by atoms with E-state index in [1.807, 2.05) is 0 Å². The molecule has 30 heavy (non-hydrogen) atoms. The predicted molar refractivity (Wildman–Crippen MR) is 105 cm³/mol. The maximum absolute atomic E-state index is 14.0. The molecule has 0 bridgehead atoms. The van der Waals surface area contributed by atoms with E-state index in [-0.39, 0.29) is 35.6 Å². The molecule has 2 aromatic carbocycles. The second-order valence-electron chi connectivity index (χ2n) is 6.66. The van der Waals surface area contributed by atoms with E-state index in [2.05, 4.69) is 20.9 Å². The molecule has 8 nitrogen and oxygen atoms in total. The maximum Gasteiger partial charge on any atom is 0.252 e. The monoisotopic (exact) mass is 440 g/mol. The standard InChI is InChI=1S/C19H22F2N4O4S/c1-29-9-8-22-30(27,28)13-5-2-4-12(10-13)19(26)23-17-11-16(24-25-17)18-14(20)6-3-7-15(18)21/h2-7,10,16-17,22,24-25H,8-9,11H2,1H3,(H,23,26). The van der Waals surface area contributed by atoms with Crippen molar-refractivity contribution >= 4 is 15.9 Å². The number of hydrazine groups is 1. The molecule has 1 saturated heterocycles. The molecule has 1 amide bonds. The van der Waals surface area contributed by atoms with Crippen molar-refractivity contribution in [2.45, 2.75) is 23.5 Å². The van der Waals surface area contributed by atoms with Gasteiger partial charge in [0.1, 0.15) is 11.6 Å². The van der Waals surface area contributed by atoms with E-state index in [1.54, 1.807) is 0 Å². The number of hydrogen-bond donors (Lipinski definition) is 4. The molecule has 0 spiro atoms. The molecule has 1 aliphatic rings. The Hall–Kier alpha value is -2.44. The smallest absolute Gasteiger partial charge is 0.252 e. The third kappa shape index (κ3) is 5.18. The van der Waals surface area contributed by atoms with Gasteiger partial charge in [0.2, 0.25) is 10.0 Å². The van der Waals surface area contributed by atoms with Crippen molar-refractivity contribution in [3.63, 3.8) is 0 Å². The lowest BCUT2D eigenvalue weighted by Crippen LogP contribution is -2.44. The highest BCUT2D eigenvalue weighted by molar-refractivity contribution is 7.89. The summed E-state index contributed by atoms with van der Waals surface area (Å²) in [6.45, 7) is 0.310. The van der Waals surface area contributed by atoms with Gasteiger partial charge in [-0.2, -0.15) is 0 Å². The average Bonchev–Trinajstić information content (AvgIpc) is 3.16. The summed E-state index contributed by atoms with van der Waals surface area (Å²) in [5.74, 6) is -1.89. The Morgan fingerprint density at radius 1 is 1.17 bits per heavy atom. The normalized spacial score (nSPS) is 19.0. The summed E-state index contributed by atoms with van der Waals surface area (Å²) in [7, 11) is -2.34. The molecular weight excluding hydrogens is 418 g/mol. The van der Waals surface area contributed by atoms with Crippen LogP contribution in [-0.2, 0) is 14.8 Å². The van der Waals surface area contributed by atoms with Gasteiger partial charge in [0.25, 0.3) is 5.91 Å². The van der Waals surface area contributed by atoms with Crippen LogP contribution < -0.4 is 20.9 Å². The number of rotatable bonds is 8. The minimum absolute atomic E-state index is 0.0601. The van der Waals surface area contributed by atoms with Crippen LogP contribution in [0.3, 0.4) is 0 Å². The van der Waals surface area contributed by atoms with Crippen LogP contribution in [0.1, 0.15) is 28.4 Å². The second-order valence-corrected chi connectivity index (χ2v) is 8.42. The quantitative estimate of drug-likeness (QED) is 0.459. The number of amides is 1. The summed E-state index contributed by atoms with van der Waals surface area (Å²) in [5, 5.41) is 2.67. The lowest BCUT2D eigenvalue weighted by molar-refractivity contribution is 0.0932. The molecular formula is C19H22F2N4O4S. The van der Waals surface area contributed by atoms with E-state index in [4.69, 9.17) is 4.74 Å². The molecule has 1 fully saturated rings. The molecule has 1 aliphatic heterocycles. The van der Waals surface area contributed by atoms with Crippen molar-refractivity contribution in [2.24, 2.45) is 0 Å². The molecule has 11 heteroatoms. The number of carbonyl (C=O) groups is 1. The molecule has 162 valence electrons. The first-order valence-electron chi connectivity index (χ1n) is 9.16. The van der Waals surface area contributed by atoms with Crippen LogP contribution in [-0.4, -0.2) is 40.8 Å². The Kier molecular flexibility index (Phi) is 7.10. The first-order chi connectivity index (χ1) is 14.3. The number of hydrogen-bond acceptors (Lipinski definition) is 6. The lowest BCUT2D eigenvalue weighted by Gasteiger charge is -2.13. The third-order valence-corrected chi connectivity index (χ3v) is 6.02. The SMILES string of the molecule is COCCNS(=O)(=O)c1cccc(C(=O)NC2CC(c3c(F)cccc3F)NN2)c1. The van der Waals surface area contributed by atoms with Gasteiger partial charge in [-0.1, -0.05) is 12.1 Å². The van der Waals surface area contributed by atoms with Crippen LogP contribution in [0, 0.1) is 11.6 Å². The first kappa shape index (κ1) is 22.2. The predicted octanol–water partition coefficient (Wildman–Crippen LogP) is 1.18. The van der Waals surface area contributed by atoms with E-state index >= 15 is 0 Å². The van der Waals surface area contributed by atoms with Crippen molar-refractivity contribution in [1.29, 1.82) is 0 Å². The highest BCUT2D eigenvalue weighted by atomic mass is 32.2. The van der Waals surface area contributed by atoms with Gasteiger partial charge < -0.3 is 10.1 Å². The van der Waals surface area contributed by atoms with E-state index < -0.39 is 39.8 Å². The molecule has 0 aromatic heterocycles. The van der Waals surface area contributed by atoms with E-state index in [0.29, 0.717) is 0 Å². The maximum atomic E-state index is 14.0. The van der Waals surface area contributed by atoms with Crippen LogP contribution in [0.4, 0.5) is 8.78 Å². The van der Waals surface area contributed by atoms with Gasteiger partial charge in [-0.05, 0) is 30.3 Å². The van der Waals surface area contributed by atoms with Gasteiger partial charge in [0.05, 0.1) is 23.7 Å². The van der Waals surface area contributed by atoms with Crippen LogP contribution in [0.25, 0.3) is 0 Å². The van der Waals surface area contributed by atoms with Gasteiger partial charge in [0, 0.05) is 31.2 Å². The van der Waals surface area contributed by atoms with Crippen molar-refractivity contribution < 1.29 is 26.7 Å². The molecule has 2 aromatic rings. The zero-order valence-corrected chi connectivity index (χ0v) is 16.9. The molecule has 1 heterocycles. The number of sulfonamides is 1. The summed E-state index contributed by atoms with van der Waals surface area (Å²) in [4.78, 5) is 12.5. The number of benzene rings is 2. The van der Waals surface area contributed by atoms with Crippen LogP contribution in [0.15, 0.2) is 47.4 Å². The Balaban J connectivity index is 1.66. The number of nitrogens with one attached hydrogen (secondary N) is 4. The van der Waals surface area contributed by atoms with Gasteiger partial charge in [-0.25, -0.2) is 32.8 Å². The Morgan fingerprint density at radius 3 is 2.57 bits per heavy atom. The summed E-state index contributed by atoms with van der Waals surface area (Å²) in [6, 6.07) is 8.49. The fourth-order valence-electron chi connectivity index (χ4n) is 3.09. The minimum Gasteiger partial charge on any atom is -0.383 e. The molecule has 2 unspecified atom stereocenters. The first-order valence-corrected chi connectivity index (χ1v) is 10.6. The van der Waals surface area contributed by atoms with Crippen molar-refractivity contribution in [2.75, 3.05) is 20.3 Å². The molecule has 4 N–H and O–H groups in total. The van der Waals surface area contributed by atoms with E-state index in [1.165, 1.54) is 49.6 Å². The minimum atomic E-state index is -3.79. The topological polar surface area (TPSA) is 109 Å². The highest BCUT2D eigenvalue weighted by Crippen LogP contribution is 2.26. The second kappa shape index (κ2) is 9.58. The van der Waals surface area contributed by atoms with E-state index in [9.17, 15) is 22.0 Å². The number of ether oxygens (including phenoxy) is 1. The lowest BCUT2D eigenvalue weighted by atomic mass is 10.0. The van der Waals surface area contributed by atoms with Crippen molar-refractivity contribution in [3.05, 3.63) is 65.2 Å². The van der Waals surface area contributed by atoms with Gasteiger partial charge in [-0.3, -0.25) is 4.79 Å². The Morgan fingerprint density at radius 2 is 1.87 bits per heavy atom. The third-order valence-electron chi connectivity index (χ3n) is 4.56. The van der Waals surface area contributed by atoms with Gasteiger partial charge >= 0.3 is 0 Å². The number of carbonyl (C=O) groups excluding carboxylic acids is 1. The van der Waals surface area contributed by atoms with Crippen molar-refractivity contribution in [1.82, 2.24) is 20.9 Å². The summed E-state index contributed by atoms with van der Waals surface area (Å²) in [5.41, 5.74) is 5.56. The van der Waals surface area contributed by atoms with E-state index in [0.717, 1.165) is 0 Å². The summed E-state index contributed by atoms with van der Waals surface area (Å²) < 4.78 is 59.7. The Bertz CT molecular complexity index is 999. The molecule has 0 aliphatic carbocycles.